The maximum absolute atomic E-state index is 2.24. The third-order valence-corrected chi connectivity index (χ3v) is 2.70. The molecule has 1 heteroatoms. The van der Waals surface area contributed by atoms with E-state index in [1.807, 2.05) is 0 Å². The van der Waals surface area contributed by atoms with Crippen LogP contribution < -0.4 is 0 Å². The highest BCUT2D eigenvalue weighted by molar-refractivity contribution is 7.98. The van der Waals surface area contributed by atoms with E-state index in [4.69, 9.17) is 0 Å². The van der Waals surface area contributed by atoms with E-state index in [0.29, 0.717) is 0 Å². The largest absolute Gasteiger partial charge is 0.130 e. The quantitative estimate of drug-likeness (QED) is 0.594. The third kappa shape index (κ3) is 2.28. The first-order chi connectivity index (χ1) is 5.54. The molecule has 0 atom stereocenters. The van der Waals surface area contributed by atoms with Crippen molar-refractivity contribution in [2.75, 3.05) is 6.26 Å². The van der Waals surface area contributed by atoms with Gasteiger partial charge in [0.1, 0.15) is 0 Å². The van der Waals surface area contributed by atoms with Crippen LogP contribution in [0.4, 0.5) is 0 Å². The number of thioether (sulfide) groups is 1. The van der Waals surface area contributed by atoms with E-state index in [9.17, 15) is 0 Å². The van der Waals surface area contributed by atoms with Gasteiger partial charge in [-0.2, -0.15) is 0 Å². The summed E-state index contributed by atoms with van der Waals surface area (Å²) in [5.41, 5.74) is 1.68. The zero-order chi connectivity index (χ0) is 9.19. The Hall–Kier alpha value is -0.430. The second-order valence-electron chi connectivity index (χ2n) is 3.98. The van der Waals surface area contributed by atoms with Gasteiger partial charge < -0.3 is 0 Å². The Kier molecular flexibility index (Phi) is 2.84. The zero-order valence-corrected chi connectivity index (χ0v) is 9.03. The lowest BCUT2D eigenvalue weighted by Crippen LogP contribution is -2.10. The fourth-order valence-electron chi connectivity index (χ4n) is 1.09. The van der Waals surface area contributed by atoms with Gasteiger partial charge in [0.2, 0.25) is 0 Å². The molecule has 66 valence electrons. The van der Waals surface area contributed by atoms with Gasteiger partial charge in [-0.3, -0.25) is 0 Å². The van der Waals surface area contributed by atoms with Crippen LogP contribution in [-0.2, 0) is 5.41 Å². The zero-order valence-electron chi connectivity index (χ0n) is 8.22. The number of benzene rings is 1. The minimum atomic E-state index is 0.275. The molecule has 1 rings (SSSR count). The minimum Gasteiger partial charge on any atom is -0.130 e. The maximum atomic E-state index is 2.24. The molecule has 0 saturated heterocycles. The van der Waals surface area contributed by atoms with Crippen molar-refractivity contribution in [1.29, 1.82) is 0 Å². The smallest absolute Gasteiger partial charge is 0.00693 e. The van der Waals surface area contributed by atoms with Crippen molar-refractivity contribution in [2.24, 2.45) is 0 Å². The molecule has 1 aromatic carbocycles. The summed E-state index contributed by atoms with van der Waals surface area (Å²) in [5.74, 6) is 0. The molecule has 0 aliphatic carbocycles. The molecule has 0 bridgehead atoms. The van der Waals surface area contributed by atoms with Crippen molar-refractivity contribution in [3.8, 4) is 0 Å². The molecule has 0 nitrogen and oxygen atoms in total. The summed E-state index contributed by atoms with van der Waals surface area (Å²) < 4.78 is 0. The van der Waals surface area contributed by atoms with Crippen LogP contribution >= 0.6 is 11.8 Å². The SMILES string of the molecule is CSc1ccc(C(C)(C)C)cc1. The van der Waals surface area contributed by atoms with E-state index in [1.54, 1.807) is 11.8 Å². The second-order valence-corrected chi connectivity index (χ2v) is 4.86. The van der Waals surface area contributed by atoms with E-state index in [2.05, 4.69) is 51.3 Å². The minimum absolute atomic E-state index is 0.275. The van der Waals surface area contributed by atoms with E-state index in [0.717, 1.165) is 0 Å². The highest BCUT2D eigenvalue weighted by Gasteiger charge is 2.12. The monoisotopic (exact) mass is 180 g/mol. The molecule has 1 aromatic rings. The Labute approximate surface area is 79.4 Å². The van der Waals surface area contributed by atoms with Crippen LogP contribution in [0.3, 0.4) is 0 Å². The standard InChI is InChI=1S/C11H16S/c1-11(2,3)9-5-7-10(12-4)8-6-9/h5-8H,1-4H3. The molecule has 0 fully saturated rings. The predicted molar refractivity (Wildman–Crippen MR) is 56.9 cm³/mol. The van der Waals surface area contributed by atoms with Crippen LogP contribution in [-0.4, -0.2) is 6.26 Å². The first-order valence-electron chi connectivity index (χ1n) is 4.18. The molecule has 0 aliphatic rings. The number of rotatable bonds is 1. The van der Waals surface area contributed by atoms with Gasteiger partial charge in [-0.15, -0.1) is 11.8 Å². The summed E-state index contributed by atoms with van der Waals surface area (Å²) in [6, 6.07) is 8.80. The average Bonchev–Trinajstić information content (AvgIpc) is 2.03. The van der Waals surface area contributed by atoms with Crippen LogP contribution in [0, 0.1) is 0 Å². The number of hydrogen-bond donors (Lipinski definition) is 0. The van der Waals surface area contributed by atoms with E-state index < -0.39 is 0 Å². The van der Waals surface area contributed by atoms with Gasteiger partial charge in [-0.1, -0.05) is 32.9 Å². The molecule has 0 unspecified atom stereocenters. The van der Waals surface area contributed by atoms with Crippen molar-refractivity contribution >= 4 is 11.8 Å². The Bertz CT molecular complexity index is 241. The van der Waals surface area contributed by atoms with Crippen LogP contribution in [0.15, 0.2) is 29.2 Å². The van der Waals surface area contributed by atoms with Crippen LogP contribution in [0.5, 0.6) is 0 Å². The second kappa shape index (κ2) is 3.53. The van der Waals surface area contributed by atoms with E-state index in [1.165, 1.54) is 10.5 Å². The van der Waals surface area contributed by atoms with Crippen molar-refractivity contribution in [3.05, 3.63) is 29.8 Å². The normalized spacial score (nSPS) is 11.7. The summed E-state index contributed by atoms with van der Waals surface area (Å²) in [6.07, 6.45) is 2.10. The van der Waals surface area contributed by atoms with Crippen LogP contribution in [0.1, 0.15) is 26.3 Å². The highest BCUT2D eigenvalue weighted by Crippen LogP contribution is 2.24. The van der Waals surface area contributed by atoms with E-state index in [-0.39, 0.29) is 5.41 Å². The van der Waals surface area contributed by atoms with Crippen molar-refractivity contribution in [2.45, 2.75) is 31.1 Å². The molecule has 0 radical (unpaired) electrons. The first kappa shape index (κ1) is 9.66. The fraction of sp³-hybridized carbons (Fsp3) is 0.455. The van der Waals surface area contributed by atoms with Gasteiger partial charge in [-0.25, -0.2) is 0 Å². The van der Waals surface area contributed by atoms with Gasteiger partial charge in [-0.05, 0) is 29.4 Å². The maximum Gasteiger partial charge on any atom is 0.00693 e. The third-order valence-electron chi connectivity index (χ3n) is 1.96. The van der Waals surface area contributed by atoms with Gasteiger partial charge in [0.15, 0.2) is 0 Å². The Morgan fingerprint density at radius 3 is 1.83 bits per heavy atom. The lowest BCUT2D eigenvalue weighted by atomic mass is 9.87. The molecule has 0 N–H and O–H groups in total. The molecule has 0 spiro atoms. The lowest BCUT2D eigenvalue weighted by Gasteiger charge is -2.18. The summed E-state index contributed by atoms with van der Waals surface area (Å²) in [6.45, 7) is 6.71. The summed E-state index contributed by atoms with van der Waals surface area (Å²) in [7, 11) is 0. The predicted octanol–water partition coefficient (Wildman–Crippen LogP) is 3.71. The van der Waals surface area contributed by atoms with Gasteiger partial charge in [0, 0.05) is 4.90 Å². The molecular weight excluding hydrogens is 164 g/mol. The van der Waals surface area contributed by atoms with Crippen molar-refractivity contribution in [1.82, 2.24) is 0 Å². The summed E-state index contributed by atoms with van der Waals surface area (Å²) >= 11 is 1.79. The Morgan fingerprint density at radius 2 is 1.50 bits per heavy atom. The van der Waals surface area contributed by atoms with Crippen LogP contribution in [0.25, 0.3) is 0 Å². The fourth-order valence-corrected chi connectivity index (χ4v) is 1.50. The van der Waals surface area contributed by atoms with Crippen LogP contribution in [0.2, 0.25) is 0 Å². The van der Waals surface area contributed by atoms with Gasteiger partial charge >= 0.3 is 0 Å². The Morgan fingerprint density at radius 1 is 1.00 bits per heavy atom. The highest BCUT2D eigenvalue weighted by atomic mass is 32.2. The number of hydrogen-bond acceptors (Lipinski definition) is 1. The molecule has 0 aliphatic heterocycles. The summed E-state index contributed by atoms with van der Waals surface area (Å²) in [5, 5.41) is 0. The average molecular weight is 180 g/mol. The summed E-state index contributed by atoms with van der Waals surface area (Å²) in [4.78, 5) is 1.34. The molecular formula is C11H16S. The molecule has 0 saturated carbocycles. The van der Waals surface area contributed by atoms with Crippen molar-refractivity contribution in [3.63, 3.8) is 0 Å². The van der Waals surface area contributed by atoms with Gasteiger partial charge in [0.25, 0.3) is 0 Å². The topological polar surface area (TPSA) is 0 Å². The van der Waals surface area contributed by atoms with Gasteiger partial charge in [0.05, 0.1) is 0 Å². The Balaban J connectivity index is 2.93. The molecule has 0 aromatic heterocycles. The molecule has 12 heavy (non-hydrogen) atoms. The lowest BCUT2D eigenvalue weighted by molar-refractivity contribution is 0.590. The molecule has 0 amide bonds. The van der Waals surface area contributed by atoms with Crippen molar-refractivity contribution < 1.29 is 0 Å². The molecule has 0 heterocycles. The van der Waals surface area contributed by atoms with E-state index >= 15 is 0 Å². The first-order valence-corrected chi connectivity index (χ1v) is 5.41.